The summed E-state index contributed by atoms with van der Waals surface area (Å²) in [5.74, 6) is 0. The fourth-order valence-corrected chi connectivity index (χ4v) is 8.09. The third kappa shape index (κ3) is 10.9. The molecule has 0 saturated heterocycles. The Morgan fingerprint density at radius 1 is 0.622 bits per heavy atom. The van der Waals surface area contributed by atoms with E-state index < -0.39 is 15.1 Å². The van der Waals surface area contributed by atoms with E-state index in [1.807, 2.05) is 62.3 Å². The summed E-state index contributed by atoms with van der Waals surface area (Å²) >= 11 is 0. The quantitative estimate of drug-likeness (QED) is 0.110. The molecule has 3 aromatic carbocycles. The Hall–Kier alpha value is -2.79. The normalized spacial score (nSPS) is 12.3. The molecule has 0 spiro atoms. The maximum Gasteiger partial charge on any atom is 0.189 e. The Bertz CT molecular complexity index is 1350. The largest absolute Gasteiger partial charge is 0.378 e. The minimum Gasteiger partial charge on any atom is -0.378 e. The Kier molecular flexibility index (Phi) is 15.5. The van der Waals surface area contributed by atoms with Crippen LogP contribution >= 0.6 is 0 Å². The van der Waals surface area contributed by atoms with Crippen LogP contribution in [0.15, 0.2) is 71.6 Å². The van der Waals surface area contributed by atoms with Gasteiger partial charge < -0.3 is 9.80 Å². The predicted molar refractivity (Wildman–Crippen MR) is 196 cm³/mol. The van der Waals surface area contributed by atoms with Crippen LogP contribution in [0.25, 0.3) is 0 Å². The molecule has 0 aliphatic rings. The molecule has 3 aromatic rings. The lowest BCUT2D eigenvalue weighted by molar-refractivity contribution is 0.574. The minimum atomic E-state index is -3.70. The van der Waals surface area contributed by atoms with Gasteiger partial charge in [-0.15, -0.1) is 0 Å². The maximum absolute atomic E-state index is 14.4. The zero-order valence-electron chi connectivity index (χ0n) is 29.2. The first kappa shape index (κ1) is 36.7. The molecule has 0 aromatic heterocycles. The van der Waals surface area contributed by atoms with Crippen LogP contribution in [-0.4, -0.2) is 35.6 Å². The standard InChI is InChI=1S/C40H60N2O2S/c1-7-10-12-14-16-18-30-42(31-19-17-15-13-11-8-2)37-26-29-39(34(9-3)32-37)40(35-22-24-36(25-23-35)41(5)6)45(43,44)38-27-20-33(4)21-28-38/h20-29,32,40H,7-19,30-31H2,1-6H3. The molecule has 0 aliphatic carbocycles. The highest BCUT2D eigenvalue weighted by Crippen LogP contribution is 2.39. The van der Waals surface area contributed by atoms with E-state index in [9.17, 15) is 8.42 Å². The van der Waals surface area contributed by atoms with Crippen molar-refractivity contribution in [1.82, 2.24) is 0 Å². The Balaban J connectivity index is 1.97. The molecule has 0 heterocycles. The summed E-state index contributed by atoms with van der Waals surface area (Å²) in [7, 11) is 0.311. The van der Waals surface area contributed by atoms with Crippen LogP contribution in [0.4, 0.5) is 11.4 Å². The van der Waals surface area contributed by atoms with E-state index in [0.29, 0.717) is 4.90 Å². The minimum absolute atomic E-state index is 0.369. The van der Waals surface area contributed by atoms with Gasteiger partial charge in [0, 0.05) is 38.6 Å². The summed E-state index contributed by atoms with van der Waals surface area (Å²) in [6.07, 6.45) is 16.2. The number of unbranched alkanes of at least 4 members (excludes halogenated alkanes) is 10. The number of hydrogen-bond donors (Lipinski definition) is 0. The predicted octanol–water partition coefficient (Wildman–Crippen LogP) is 10.7. The van der Waals surface area contributed by atoms with Gasteiger partial charge in [-0.2, -0.15) is 0 Å². The fourth-order valence-electron chi connectivity index (χ4n) is 6.22. The molecule has 3 rings (SSSR count). The number of aryl methyl sites for hydroxylation is 2. The van der Waals surface area contributed by atoms with Crippen molar-refractivity contribution in [2.75, 3.05) is 37.0 Å². The van der Waals surface area contributed by atoms with Crippen molar-refractivity contribution in [2.24, 2.45) is 0 Å². The first-order valence-electron chi connectivity index (χ1n) is 17.7. The lowest BCUT2D eigenvalue weighted by Crippen LogP contribution is -2.26. The topological polar surface area (TPSA) is 40.6 Å². The van der Waals surface area contributed by atoms with Crippen molar-refractivity contribution in [1.29, 1.82) is 0 Å². The summed E-state index contributed by atoms with van der Waals surface area (Å²) in [5, 5.41) is -0.772. The molecule has 0 amide bonds. The second-order valence-corrected chi connectivity index (χ2v) is 15.0. The molecule has 0 saturated carbocycles. The van der Waals surface area contributed by atoms with E-state index in [1.165, 1.54) is 82.7 Å². The third-order valence-corrected chi connectivity index (χ3v) is 11.2. The van der Waals surface area contributed by atoms with Crippen LogP contribution in [-0.2, 0) is 16.3 Å². The van der Waals surface area contributed by atoms with Crippen LogP contribution in [0.1, 0.15) is 125 Å². The summed E-state index contributed by atoms with van der Waals surface area (Å²) < 4.78 is 28.9. The second-order valence-electron chi connectivity index (χ2n) is 13.0. The summed E-state index contributed by atoms with van der Waals surface area (Å²) in [4.78, 5) is 4.98. The number of benzene rings is 3. The SMILES string of the molecule is CCCCCCCCN(CCCCCCCC)c1ccc(C(c2ccc(N(C)C)cc2)S(=O)(=O)c2ccc(C)cc2)c(CC)c1. The van der Waals surface area contributed by atoms with Crippen molar-refractivity contribution in [2.45, 2.75) is 121 Å². The van der Waals surface area contributed by atoms with Crippen LogP contribution in [0, 0.1) is 6.92 Å². The van der Waals surface area contributed by atoms with E-state index in [1.54, 1.807) is 12.1 Å². The molecule has 1 atom stereocenters. The van der Waals surface area contributed by atoms with Gasteiger partial charge >= 0.3 is 0 Å². The van der Waals surface area contributed by atoms with Crippen LogP contribution in [0.3, 0.4) is 0 Å². The highest BCUT2D eigenvalue weighted by atomic mass is 32.2. The number of anilines is 2. The zero-order chi connectivity index (χ0) is 32.7. The van der Waals surface area contributed by atoms with Crippen molar-refractivity contribution in [3.05, 3.63) is 89.0 Å². The zero-order valence-corrected chi connectivity index (χ0v) is 30.0. The molecule has 0 aliphatic heterocycles. The molecule has 248 valence electrons. The molecule has 1 unspecified atom stereocenters. The average molecular weight is 633 g/mol. The highest BCUT2D eigenvalue weighted by Gasteiger charge is 2.32. The Morgan fingerprint density at radius 3 is 1.64 bits per heavy atom. The van der Waals surface area contributed by atoms with Crippen molar-refractivity contribution in [3.63, 3.8) is 0 Å². The Morgan fingerprint density at radius 2 is 1.13 bits per heavy atom. The monoisotopic (exact) mass is 632 g/mol. The molecule has 0 bridgehead atoms. The van der Waals surface area contributed by atoms with E-state index in [2.05, 4.69) is 43.9 Å². The lowest BCUT2D eigenvalue weighted by atomic mass is 9.96. The van der Waals surface area contributed by atoms with Gasteiger partial charge in [0.1, 0.15) is 5.25 Å². The molecule has 0 radical (unpaired) electrons. The lowest BCUT2D eigenvalue weighted by Gasteiger charge is -2.28. The van der Waals surface area contributed by atoms with Crippen molar-refractivity contribution < 1.29 is 8.42 Å². The van der Waals surface area contributed by atoms with E-state index in [4.69, 9.17) is 0 Å². The molecular formula is C40H60N2O2S. The molecule has 45 heavy (non-hydrogen) atoms. The van der Waals surface area contributed by atoms with Gasteiger partial charge in [-0.25, -0.2) is 8.42 Å². The molecule has 5 heteroatoms. The van der Waals surface area contributed by atoms with Crippen LogP contribution in [0.2, 0.25) is 0 Å². The number of sulfone groups is 1. The van der Waals surface area contributed by atoms with Gasteiger partial charge in [0.2, 0.25) is 0 Å². The van der Waals surface area contributed by atoms with Gasteiger partial charge in [0.05, 0.1) is 4.90 Å². The molecule has 0 N–H and O–H groups in total. The van der Waals surface area contributed by atoms with Crippen LogP contribution < -0.4 is 9.80 Å². The van der Waals surface area contributed by atoms with E-state index in [-0.39, 0.29) is 0 Å². The van der Waals surface area contributed by atoms with E-state index >= 15 is 0 Å². The van der Waals surface area contributed by atoms with Gasteiger partial charge in [-0.05, 0) is 79.3 Å². The molecular weight excluding hydrogens is 573 g/mol. The summed E-state index contributed by atoms with van der Waals surface area (Å²) in [6, 6.07) is 21.9. The van der Waals surface area contributed by atoms with Gasteiger partial charge in [0.15, 0.2) is 9.84 Å². The second kappa shape index (κ2) is 19.0. The Labute approximate surface area is 276 Å². The molecule has 0 fully saturated rings. The van der Waals surface area contributed by atoms with Gasteiger partial charge in [-0.1, -0.05) is 121 Å². The van der Waals surface area contributed by atoms with E-state index in [0.717, 1.165) is 47.5 Å². The number of rotatable bonds is 21. The average Bonchev–Trinajstić information content (AvgIpc) is 3.04. The summed E-state index contributed by atoms with van der Waals surface area (Å²) in [5.41, 5.74) is 6.14. The first-order chi connectivity index (χ1) is 21.7. The van der Waals surface area contributed by atoms with Crippen molar-refractivity contribution >= 4 is 21.2 Å². The summed E-state index contributed by atoms with van der Waals surface area (Å²) in [6.45, 7) is 10.8. The van der Waals surface area contributed by atoms with Gasteiger partial charge in [-0.3, -0.25) is 0 Å². The first-order valence-corrected chi connectivity index (χ1v) is 19.2. The number of nitrogens with zero attached hydrogens (tertiary/aromatic N) is 2. The highest BCUT2D eigenvalue weighted by molar-refractivity contribution is 7.92. The smallest absolute Gasteiger partial charge is 0.189 e. The fraction of sp³-hybridized carbons (Fsp3) is 0.550. The van der Waals surface area contributed by atoms with Crippen LogP contribution in [0.5, 0.6) is 0 Å². The van der Waals surface area contributed by atoms with Gasteiger partial charge in [0.25, 0.3) is 0 Å². The molecule has 4 nitrogen and oxygen atoms in total. The third-order valence-electron chi connectivity index (χ3n) is 9.09. The maximum atomic E-state index is 14.4. The number of hydrogen-bond acceptors (Lipinski definition) is 4. The van der Waals surface area contributed by atoms with Crippen molar-refractivity contribution in [3.8, 4) is 0 Å².